The fourth-order valence-electron chi connectivity index (χ4n) is 0.578. The van der Waals surface area contributed by atoms with Gasteiger partial charge in [0.25, 0.3) is 0 Å². The molecule has 1 unspecified atom stereocenters. The lowest BCUT2D eigenvalue weighted by Gasteiger charge is -2.01. The van der Waals surface area contributed by atoms with Crippen molar-refractivity contribution < 1.29 is 4.18 Å². The molecule has 3 heteroatoms. The minimum absolute atomic E-state index is 0. The Morgan fingerprint density at radius 3 is 2.73 bits per heavy atom. The molecule has 0 saturated heterocycles. The molecule has 1 rings (SSSR count). The largest absolute Gasteiger partial charge is 0.304 e. The van der Waals surface area contributed by atoms with Crippen LogP contribution in [0.5, 0.6) is 0 Å². The Balaban J connectivity index is 0.000001000. The van der Waals surface area contributed by atoms with Crippen molar-refractivity contribution in [2.24, 2.45) is 0 Å². The van der Waals surface area contributed by atoms with Gasteiger partial charge in [0.15, 0.2) is 0 Å². The van der Waals surface area contributed by atoms with Gasteiger partial charge < -0.3 is 4.18 Å². The normalized spacial score (nSPS) is 23.2. The molecule has 1 aliphatic heterocycles. The van der Waals surface area contributed by atoms with E-state index in [2.05, 4.69) is 0 Å². The van der Waals surface area contributed by atoms with Crippen LogP contribution in [0.1, 0.15) is 6.92 Å². The molecule has 0 saturated carbocycles. The summed E-state index contributed by atoms with van der Waals surface area (Å²) in [5.41, 5.74) is 0. The molecule has 1 heterocycles. The lowest BCUT2D eigenvalue weighted by atomic mass is 10.3. The monoisotopic (exact) mass is 190 g/mol. The minimum Gasteiger partial charge on any atom is -0.304 e. The summed E-state index contributed by atoms with van der Waals surface area (Å²) in [5, 5.41) is 1.92. The second-order valence-electron chi connectivity index (χ2n) is 2.00. The SMILES string of the molecule is CC1C=CC=CC=CSO1.Cl. The van der Waals surface area contributed by atoms with E-state index in [-0.39, 0.29) is 18.5 Å². The van der Waals surface area contributed by atoms with Gasteiger partial charge in [-0.15, -0.1) is 12.4 Å². The van der Waals surface area contributed by atoms with Crippen LogP contribution in [0, 0.1) is 0 Å². The van der Waals surface area contributed by atoms with Gasteiger partial charge in [0, 0.05) is 12.0 Å². The maximum atomic E-state index is 5.27. The van der Waals surface area contributed by atoms with Gasteiger partial charge in [-0.25, -0.2) is 0 Å². The standard InChI is InChI=1S/C8H10OS.ClH/c1-8-6-4-2-3-5-7-10-9-8;/h2-8H,1H3;1H. The van der Waals surface area contributed by atoms with E-state index in [1.165, 1.54) is 12.0 Å². The van der Waals surface area contributed by atoms with Crippen molar-refractivity contribution in [3.63, 3.8) is 0 Å². The van der Waals surface area contributed by atoms with Crippen LogP contribution in [0.15, 0.2) is 35.8 Å². The van der Waals surface area contributed by atoms with Gasteiger partial charge in [0.05, 0.1) is 6.10 Å². The fraction of sp³-hybridized carbons (Fsp3) is 0.250. The van der Waals surface area contributed by atoms with Gasteiger partial charge in [-0.3, -0.25) is 0 Å². The topological polar surface area (TPSA) is 9.23 Å². The average Bonchev–Trinajstić information content (AvgIpc) is 2.02. The zero-order valence-corrected chi connectivity index (χ0v) is 7.90. The first-order chi connectivity index (χ1) is 4.89. The van der Waals surface area contributed by atoms with E-state index in [1.807, 2.05) is 42.7 Å². The molecule has 0 fully saturated rings. The van der Waals surface area contributed by atoms with E-state index in [0.717, 1.165) is 0 Å². The first kappa shape index (κ1) is 10.8. The molecule has 0 radical (unpaired) electrons. The molecule has 11 heavy (non-hydrogen) atoms. The maximum absolute atomic E-state index is 5.27. The Bertz CT molecular complexity index is 175. The summed E-state index contributed by atoms with van der Waals surface area (Å²) < 4.78 is 5.27. The molecule has 1 atom stereocenters. The summed E-state index contributed by atoms with van der Waals surface area (Å²) in [6.07, 6.45) is 10.1. The summed E-state index contributed by atoms with van der Waals surface area (Å²) in [4.78, 5) is 0. The van der Waals surface area contributed by atoms with Crippen molar-refractivity contribution in [3.05, 3.63) is 35.8 Å². The average molecular weight is 191 g/mol. The number of allylic oxidation sites excluding steroid dienone is 4. The van der Waals surface area contributed by atoms with E-state index < -0.39 is 0 Å². The number of hydrogen-bond donors (Lipinski definition) is 0. The Morgan fingerprint density at radius 2 is 1.91 bits per heavy atom. The van der Waals surface area contributed by atoms with Crippen LogP contribution in [0.3, 0.4) is 0 Å². The van der Waals surface area contributed by atoms with Crippen molar-refractivity contribution in [1.82, 2.24) is 0 Å². The lowest BCUT2D eigenvalue weighted by Crippen LogP contribution is -1.95. The number of hydrogen-bond acceptors (Lipinski definition) is 2. The first-order valence-corrected chi connectivity index (χ1v) is 4.02. The fourth-order valence-corrected chi connectivity index (χ4v) is 1.04. The third kappa shape index (κ3) is 5.13. The second-order valence-corrected chi connectivity index (χ2v) is 2.65. The highest BCUT2D eigenvalue weighted by Gasteiger charge is 1.93. The Kier molecular flexibility index (Phi) is 6.42. The van der Waals surface area contributed by atoms with E-state index in [0.29, 0.717) is 0 Å². The molecular formula is C8H11ClOS. The molecule has 0 aromatic carbocycles. The van der Waals surface area contributed by atoms with E-state index in [9.17, 15) is 0 Å². The highest BCUT2D eigenvalue weighted by molar-refractivity contribution is 7.97. The van der Waals surface area contributed by atoms with E-state index in [4.69, 9.17) is 4.18 Å². The van der Waals surface area contributed by atoms with Crippen LogP contribution < -0.4 is 0 Å². The summed E-state index contributed by atoms with van der Waals surface area (Å²) in [7, 11) is 0. The Morgan fingerprint density at radius 1 is 1.18 bits per heavy atom. The molecule has 0 bridgehead atoms. The van der Waals surface area contributed by atoms with Gasteiger partial charge in [0.1, 0.15) is 0 Å². The van der Waals surface area contributed by atoms with Crippen LogP contribution in [0.4, 0.5) is 0 Å². The van der Waals surface area contributed by atoms with Crippen molar-refractivity contribution in [1.29, 1.82) is 0 Å². The van der Waals surface area contributed by atoms with Crippen molar-refractivity contribution in [2.75, 3.05) is 0 Å². The maximum Gasteiger partial charge on any atom is 0.0882 e. The van der Waals surface area contributed by atoms with Gasteiger partial charge in [-0.1, -0.05) is 30.4 Å². The zero-order chi connectivity index (χ0) is 7.23. The first-order valence-electron chi connectivity index (χ1n) is 3.22. The van der Waals surface area contributed by atoms with Gasteiger partial charge >= 0.3 is 0 Å². The number of rotatable bonds is 0. The molecule has 0 spiro atoms. The molecule has 62 valence electrons. The molecule has 0 N–H and O–H groups in total. The van der Waals surface area contributed by atoms with Gasteiger partial charge in [-0.05, 0) is 12.3 Å². The van der Waals surface area contributed by atoms with Crippen LogP contribution >= 0.6 is 24.4 Å². The lowest BCUT2D eigenvalue weighted by molar-refractivity contribution is 0.324. The second kappa shape index (κ2) is 6.53. The molecule has 0 amide bonds. The summed E-state index contributed by atoms with van der Waals surface area (Å²) >= 11 is 1.37. The predicted molar refractivity (Wildman–Crippen MR) is 52.8 cm³/mol. The van der Waals surface area contributed by atoms with Crippen molar-refractivity contribution >= 4 is 24.4 Å². The quantitative estimate of drug-likeness (QED) is 0.543. The molecule has 1 nitrogen and oxygen atoms in total. The molecule has 0 aromatic rings. The van der Waals surface area contributed by atoms with E-state index in [1.54, 1.807) is 0 Å². The van der Waals surface area contributed by atoms with Crippen LogP contribution in [0.2, 0.25) is 0 Å². The Hall–Kier alpha value is -0.180. The number of halogens is 1. The molecule has 1 aliphatic rings. The smallest absolute Gasteiger partial charge is 0.0882 e. The Labute approximate surface area is 77.8 Å². The highest BCUT2D eigenvalue weighted by Crippen LogP contribution is 2.10. The molecule has 0 aliphatic carbocycles. The van der Waals surface area contributed by atoms with Gasteiger partial charge in [0.2, 0.25) is 0 Å². The summed E-state index contributed by atoms with van der Waals surface area (Å²) in [5.74, 6) is 0. The summed E-state index contributed by atoms with van der Waals surface area (Å²) in [6, 6.07) is 0. The van der Waals surface area contributed by atoms with Crippen LogP contribution in [-0.2, 0) is 4.18 Å². The third-order valence-corrected chi connectivity index (χ3v) is 1.74. The van der Waals surface area contributed by atoms with Crippen molar-refractivity contribution in [3.8, 4) is 0 Å². The van der Waals surface area contributed by atoms with E-state index >= 15 is 0 Å². The molecular weight excluding hydrogens is 180 g/mol. The van der Waals surface area contributed by atoms with Crippen molar-refractivity contribution in [2.45, 2.75) is 13.0 Å². The highest BCUT2D eigenvalue weighted by atomic mass is 35.5. The minimum atomic E-state index is 0. The predicted octanol–water partition coefficient (Wildman–Crippen LogP) is 3.10. The van der Waals surface area contributed by atoms with Crippen LogP contribution in [0.25, 0.3) is 0 Å². The van der Waals surface area contributed by atoms with Gasteiger partial charge in [-0.2, -0.15) is 0 Å². The third-order valence-electron chi connectivity index (χ3n) is 1.06. The van der Waals surface area contributed by atoms with Crippen LogP contribution in [-0.4, -0.2) is 6.10 Å². The summed E-state index contributed by atoms with van der Waals surface area (Å²) in [6.45, 7) is 2.01. The molecule has 0 aromatic heterocycles. The zero-order valence-electron chi connectivity index (χ0n) is 6.27.